The van der Waals surface area contributed by atoms with Gasteiger partial charge in [-0.15, -0.1) is 11.6 Å². The van der Waals surface area contributed by atoms with Gasteiger partial charge in [0.05, 0.1) is 7.11 Å². The van der Waals surface area contributed by atoms with Crippen molar-refractivity contribution in [3.63, 3.8) is 0 Å². The second-order valence-corrected chi connectivity index (χ2v) is 3.39. The topological polar surface area (TPSA) is 39.2 Å². The molecular formula is C10H10ClF2NO2. The van der Waals surface area contributed by atoms with Crippen molar-refractivity contribution in [2.75, 3.05) is 7.11 Å². The molecule has 0 aliphatic heterocycles. The first kappa shape index (κ1) is 12.8. The van der Waals surface area contributed by atoms with Gasteiger partial charge in [-0.1, -0.05) is 6.07 Å². The second kappa shape index (κ2) is 5.21. The molecule has 1 aromatic rings. The molecule has 3 nitrogen and oxygen atoms in total. The summed E-state index contributed by atoms with van der Waals surface area (Å²) in [6, 6.07) is 1.42. The highest BCUT2D eigenvalue weighted by Crippen LogP contribution is 2.24. The van der Waals surface area contributed by atoms with Gasteiger partial charge in [0.1, 0.15) is 5.69 Å². The lowest BCUT2D eigenvalue weighted by Gasteiger charge is -2.10. The molecule has 1 aromatic heterocycles. The molecule has 0 unspecified atom stereocenters. The fourth-order valence-electron chi connectivity index (χ4n) is 1.28. The van der Waals surface area contributed by atoms with Crippen LogP contribution in [0.5, 0.6) is 0 Å². The molecular weight excluding hydrogens is 240 g/mol. The quantitative estimate of drug-likeness (QED) is 0.611. The van der Waals surface area contributed by atoms with Crippen molar-refractivity contribution in [1.29, 1.82) is 0 Å². The molecule has 0 spiro atoms. The fraction of sp³-hybridized carbons (Fsp3) is 0.400. The zero-order chi connectivity index (χ0) is 12.3. The number of methoxy groups -OCH3 is 1. The van der Waals surface area contributed by atoms with Crippen LogP contribution in [-0.2, 0) is 10.6 Å². The van der Waals surface area contributed by atoms with Crippen LogP contribution in [0.25, 0.3) is 0 Å². The van der Waals surface area contributed by atoms with E-state index in [1.807, 2.05) is 0 Å². The van der Waals surface area contributed by atoms with Crippen molar-refractivity contribution in [3.8, 4) is 0 Å². The predicted molar refractivity (Wildman–Crippen MR) is 54.8 cm³/mol. The van der Waals surface area contributed by atoms with Crippen molar-refractivity contribution in [3.05, 3.63) is 28.6 Å². The summed E-state index contributed by atoms with van der Waals surface area (Å²) in [5.74, 6) is -0.810. The van der Waals surface area contributed by atoms with Crippen molar-refractivity contribution in [2.45, 2.75) is 19.2 Å². The van der Waals surface area contributed by atoms with Gasteiger partial charge in [0, 0.05) is 5.88 Å². The third kappa shape index (κ3) is 2.47. The molecule has 0 atom stereocenters. The second-order valence-electron chi connectivity index (χ2n) is 3.12. The summed E-state index contributed by atoms with van der Waals surface area (Å²) in [4.78, 5) is 14.9. The number of pyridine rings is 1. The van der Waals surface area contributed by atoms with E-state index in [1.165, 1.54) is 13.2 Å². The van der Waals surface area contributed by atoms with Gasteiger partial charge in [0.2, 0.25) is 0 Å². The number of ether oxygens (including phenoxy) is 1. The van der Waals surface area contributed by atoms with Crippen molar-refractivity contribution >= 4 is 17.6 Å². The number of halogens is 3. The van der Waals surface area contributed by atoms with Crippen LogP contribution in [0.2, 0.25) is 0 Å². The zero-order valence-corrected chi connectivity index (χ0v) is 9.52. The van der Waals surface area contributed by atoms with Crippen molar-refractivity contribution < 1.29 is 18.3 Å². The van der Waals surface area contributed by atoms with E-state index in [4.69, 9.17) is 11.6 Å². The van der Waals surface area contributed by atoms with Crippen LogP contribution in [0, 0.1) is 6.92 Å². The lowest BCUT2D eigenvalue weighted by molar-refractivity contribution is 0.0591. The van der Waals surface area contributed by atoms with E-state index >= 15 is 0 Å². The smallest absolute Gasteiger partial charge is 0.356 e. The van der Waals surface area contributed by atoms with Gasteiger partial charge >= 0.3 is 5.97 Å². The Kier molecular flexibility index (Phi) is 4.18. The number of carbonyl (C=O) groups excluding carboxylic acids is 1. The number of hydrogen-bond acceptors (Lipinski definition) is 3. The van der Waals surface area contributed by atoms with E-state index in [2.05, 4.69) is 9.72 Å². The number of esters is 1. The molecule has 0 saturated heterocycles. The summed E-state index contributed by atoms with van der Waals surface area (Å²) >= 11 is 5.52. The highest BCUT2D eigenvalue weighted by atomic mass is 35.5. The Hall–Kier alpha value is -1.23. The molecule has 16 heavy (non-hydrogen) atoms. The van der Waals surface area contributed by atoms with Gasteiger partial charge in [-0.3, -0.25) is 0 Å². The van der Waals surface area contributed by atoms with E-state index in [-0.39, 0.29) is 17.1 Å². The zero-order valence-electron chi connectivity index (χ0n) is 8.76. The first-order valence-electron chi connectivity index (χ1n) is 4.44. The van der Waals surface area contributed by atoms with Crippen LogP contribution in [0.3, 0.4) is 0 Å². The largest absolute Gasteiger partial charge is 0.464 e. The highest BCUT2D eigenvalue weighted by Gasteiger charge is 2.20. The van der Waals surface area contributed by atoms with Gasteiger partial charge in [-0.2, -0.15) is 0 Å². The van der Waals surface area contributed by atoms with Gasteiger partial charge in [0.25, 0.3) is 6.43 Å². The maximum absolute atomic E-state index is 12.6. The Labute approximate surface area is 96.4 Å². The minimum absolute atomic E-state index is 0.0744. The Balaban J connectivity index is 3.33. The van der Waals surface area contributed by atoms with E-state index in [0.29, 0.717) is 5.56 Å². The first-order chi connectivity index (χ1) is 7.51. The third-order valence-corrected chi connectivity index (χ3v) is 2.34. The number of alkyl halides is 3. The molecule has 1 heterocycles. The molecule has 0 fully saturated rings. The van der Waals surface area contributed by atoms with Crippen molar-refractivity contribution in [2.24, 2.45) is 0 Å². The minimum Gasteiger partial charge on any atom is -0.464 e. The summed E-state index contributed by atoms with van der Waals surface area (Å²) in [7, 11) is 1.17. The van der Waals surface area contributed by atoms with E-state index in [9.17, 15) is 13.6 Å². The summed E-state index contributed by atoms with van der Waals surface area (Å²) in [6.45, 7) is 1.59. The number of rotatable bonds is 3. The summed E-state index contributed by atoms with van der Waals surface area (Å²) in [5, 5.41) is 0. The van der Waals surface area contributed by atoms with Crippen LogP contribution in [0.4, 0.5) is 8.78 Å². The Morgan fingerprint density at radius 1 is 1.62 bits per heavy atom. The van der Waals surface area contributed by atoms with E-state index < -0.39 is 18.1 Å². The molecule has 0 aliphatic rings. The lowest BCUT2D eigenvalue weighted by atomic mass is 10.1. The molecule has 88 valence electrons. The SMILES string of the molecule is COC(=O)c1nc(C(F)F)c(CCl)cc1C. The standard InChI is InChI=1S/C10H10ClF2NO2/c1-5-3-6(4-11)8(9(12)13)14-7(5)10(15)16-2/h3,9H,4H2,1-2H3. The van der Waals surface area contributed by atoms with Crippen LogP contribution in [0.1, 0.15) is 33.7 Å². The molecule has 0 saturated carbocycles. The maximum Gasteiger partial charge on any atom is 0.356 e. The third-order valence-electron chi connectivity index (χ3n) is 2.05. The van der Waals surface area contributed by atoms with E-state index in [1.54, 1.807) is 6.92 Å². The van der Waals surface area contributed by atoms with Crippen LogP contribution >= 0.6 is 11.6 Å². The monoisotopic (exact) mass is 249 g/mol. The number of nitrogens with zero attached hydrogens (tertiary/aromatic N) is 1. The maximum atomic E-state index is 12.6. The normalized spacial score (nSPS) is 10.6. The Morgan fingerprint density at radius 3 is 2.69 bits per heavy atom. The highest BCUT2D eigenvalue weighted by molar-refractivity contribution is 6.17. The molecule has 0 bridgehead atoms. The van der Waals surface area contributed by atoms with Gasteiger partial charge in [0.15, 0.2) is 5.69 Å². The van der Waals surface area contributed by atoms with Crippen LogP contribution in [-0.4, -0.2) is 18.1 Å². The van der Waals surface area contributed by atoms with Gasteiger partial charge in [-0.25, -0.2) is 18.6 Å². The molecule has 0 aliphatic carbocycles. The molecule has 6 heteroatoms. The summed E-state index contributed by atoms with van der Waals surface area (Å²) in [5.41, 5.74) is 0.112. The summed E-state index contributed by atoms with van der Waals surface area (Å²) < 4.78 is 29.7. The number of carbonyl (C=O) groups is 1. The van der Waals surface area contributed by atoms with Crippen molar-refractivity contribution in [1.82, 2.24) is 4.98 Å². The van der Waals surface area contributed by atoms with Crippen LogP contribution in [0.15, 0.2) is 6.07 Å². The summed E-state index contributed by atoms with van der Waals surface area (Å²) in [6.07, 6.45) is -2.77. The number of hydrogen-bond donors (Lipinski definition) is 0. The first-order valence-corrected chi connectivity index (χ1v) is 4.97. The number of aryl methyl sites for hydroxylation is 1. The number of aromatic nitrogens is 1. The molecule has 0 aromatic carbocycles. The molecule has 0 N–H and O–H groups in total. The van der Waals surface area contributed by atoms with Gasteiger partial charge in [-0.05, 0) is 18.1 Å². The molecule has 0 amide bonds. The Morgan fingerprint density at radius 2 is 2.25 bits per heavy atom. The predicted octanol–water partition coefficient (Wildman–Crippen LogP) is 2.85. The minimum atomic E-state index is -2.77. The van der Waals surface area contributed by atoms with E-state index in [0.717, 1.165) is 0 Å². The average molecular weight is 250 g/mol. The van der Waals surface area contributed by atoms with Gasteiger partial charge < -0.3 is 4.74 Å². The van der Waals surface area contributed by atoms with Crippen LogP contribution < -0.4 is 0 Å². The molecule has 1 rings (SSSR count). The average Bonchev–Trinajstić information content (AvgIpc) is 2.27. The lowest BCUT2D eigenvalue weighted by Crippen LogP contribution is -2.11. The fourth-order valence-corrected chi connectivity index (χ4v) is 1.50. The Bertz CT molecular complexity index is 410. The molecule has 0 radical (unpaired) electrons.